The van der Waals surface area contributed by atoms with E-state index in [1.54, 1.807) is 0 Å². The molecule has 3 heteroatoms. The van der Waals surface area contributed by atoms with Crippen molar-refractivity contribution in [1.29, 1.82) is 0 Å². The van der Waals surface area contributed by atoms with Crippen molar-refractivity contribution in [1.82, 2.24) is 0 Å². The Balaban J connectivity index is 2.56. The fourth-order valence-corrected chi connectivity index (χ4v) is 1.36. The first kappa shape index (κ1) is 9.68. The van der Waals surface area contributed by atoms with Crippen LogP contribution in [0.4, 0.5) is 0 Å². The molecule has 3 nitrogen and oxygen atoms in total. The summed E-state index contributed by atoms with van der Waals surface area (Å²) in [6, 6.07) is 0. The van der Waals surface area contributed by atoms with Crippen molar-refractivity contribution in [2.45, 2.75) is 33.0 Å². The lowest BCUT2D eigenvalue weighted by molar-refractivity contribution is -0.138. The minimum Gasteiger partial charge on any atom is -0.350 e. The maximum Gasteiger partial charge on any atom is 0.163 e. The number of ether oxygens (including phenoxy) is 2. The van der Waals surface area contributed by atoms with Crippen molar-refractivity contribution < 1.29 is 14.3 Å². The highest BCUT2D eigenvalue weighted by molar-refractivity contribution is 5.50. The number of carbonyl (C=O) groups is 1. The molecule has 1 aliphatic rings. The molecule has 0 aromatic heterocycles. The lowest BCUT2D eigenvalue weighted by Crippen LogP contribution is -2.33. The van der Waals surface area contributed by atoms with E-state index < -0.39 is 0 Å². The monoisotopic (exact) mass is 172 g/mol. The summed E-state index contributed by atoms with van der Waals surface area (Å²) in [5.74, 6) is 0. The summed E-state index contributed by atoms with van der Waals surface area (Å²) in [4.78, 5) is 10.4. The number of hydrogen-bond donors (Lipinski definition) is 0. The van der Waals surface area contributed by atoms with Gasteiger partial charge in [0, 0.05) is 11.8 Å². The van der Waals surface area contributed by atoms with Crippen LogP contribution in [0.15, 0.2) is 0 Å². The van der Waals surface area contributed by atoms with E-state index in [2.05, 4.69) is 6.92 Å². The third kappa shape index (κ3) is 1.84. The maximum absolute atomic E-state index is 10.4. The molecule has 0 unspecified atom stereocenters. The van der Waals surface area contributed by atoms with Crippen LogP contribution in [-0.4, -0.2) is 25.8 Å². The topological polar surface area (TPSA) is 35.5 Å². The second-order valence-electron chi connectivity index (χ2n) is 3.45. The smallest absolute Gasteiger partial charge is 0.163 e. The first-order valence-electron chi connectivity index (χ1n) is 4.40. The van der Waals surface area contributed by atoms with Crippen LogP contribution >= 0.6 is 0 Å². The molecular formula is C9H16O3. The molecule has 0 aromatic carbocycles. The lowest BCUT2D eigenvalue weighted by atomic mass is 9.84. The van der Waals surface area contributed by atoms with Crippen molar-refractivity contribution >= 4 is 6.29 Å². The highest BCUT2D eigenvalue weighted by atomic mass is 16.7. The molecule has 0 bridgehead atoms. The Morgan fingerprint density at radius 1 is 1.50 bits per heavy atom. The molecule has 70 valence electrons. The van der Waals surface area contributed by atoms with Crippen molar-refractivity contribution in [2.75, 3.05) is 13.2 Å². The summed E-state index contributed by atoms with van der Waals surface area (Å²) < 4.78 is 10.8. The number of hydrogen-bond acceptors (Lipinski definition) is 3. The first-order chi connectivity index (χ1) is 5.73. The average molecular weight is 172 g/mol. The van der Waals surface area contributed by atoms with Gasteiger partial charge in [0.05, 0.1) is 13.2 Å². The average Bonchev–Trinajstić information content (AvgIpc) is 2.57. The molecule has 0 saturated carbocycles. The van der Waals surface area contributed by atoms with E-state index in [4.69, 9.17) is 9.47 Å². The Kier molecular flexibility index (Phi) is 3.23. The Bertz CT molecular complexity index is 152. The van der Waals surface area contributed by atoms with E-state index in [-0.39, 0.29) is 11.7 Å². The zero-order valence-corrected chi connectivity index (χ0v) is 7.71. The standard InChI is InChI=1S/C9H16O3/c1-3-9(2,4-5-10)8-11-6-7-12-8/h5,8H,3-4,6-7H2,1-2H3/t9-/m0/s1. The van der Waals surface area contributed by atoms with Crippen molar-refractivity contribution in [3.8, 4) is 0 Å². The third-order valence-corrected chi connectivity index (χ3v) is 2.55. The molecule has 1 aliphatic heterocycles. The summed E-state index contributed by atoms with van der Waals surface area (Å²) in [5, 5.41) is 0. The van der Waals surface area contributed by atoms with Gasteiger partial charge in [0.1, 0.15) is 6.29 Å². The number of aldehydes is 1. The minimum absolute atomic E-state index is 0.141. The molecule has 0 amide bonds. The molecule has 1 rings (SSSR count). The summed E-state index contributed by atoms with van der Waals surface area (Å²) >= 11 is 0. The molecule has 1 saturated heterocycles. The van der Waals surface area contributed by atoms with Crippen LogP contribution < -0.4 is 0 Å². The van der Waals surface area contributed by atoms with E-state index in [1.807, 2.05) is 6.92 Å². The SMILES string of the molecule is CC[C@@](C)(CC=O)C1OCCO1. The van der Waals surface area contributed by atoms with Gasteiger partial charge in [-0.05, 0) is 6.42 Å². The number of carbonyl (C=O) groups excluding carboxylic acids is 1. The largest absolute Gasteiger partial charge is 0.350 e. The van der Waals surface area contributed by atoms with E-state index >= 15 is 0 Å². The highest BCUT2D eigenvalue weighted by Gasteiger charge is 2.36. The van der Waals surface area contributed by atoms with Gasteiger partial charge in [0.2, 0.25) is 0 Å². The van der Waals surface area contributed by atoms with Crippen molar-refractivity contribution in [3.63, 3.8) is 0 Å². The van der Waals surface area contributed by atoms with Gasteiger partial charge in [-0.3, -0.25) is 0 Å². The summed E-state index contributed by atoms with van der Waals surface area (Å²) in [5.41, 5.74) is -0.141. The van der Waals surface area contributed by atoms with E-state index in [9.17, 15) is 4.79 Å². The quantitative estimate of drug-likeness (QED) is 0.601. The Morgan fingerprint density at radius 2 is 2.08 bits per heavy atom. The minimum atomic E-state index is -0.187. The molecule has 1 atom stereocenters. The van der Waals surface area contributed by atoms with E-state index in [1.165, 1.54) is 0 Å². The summed E-state index contributed by atoms with van der Waals surface area (Å²) in [6.07, 6.45) is 2.16. The predicted molar refractivity (Wildman–Crippen MR) is 44.8 cm³/mol. The zero-order chi connectivity index (χ0) is 9.03. The van der Waals surface area contributed by atoms with Gasteiger partial charge in [0.15, 0.2) is 6.29 Å². The molecule has 12 heavy (non-hydrogen) atoms. The first-order valence-corrected chi connectivity index (χ1v) is 4.40. The normalized spacial score (nSPS) is 23.8. The second-order valence-corrected chi connectivity index (χ2v) is 3.45. The van der Waals surface area contributed by atoms with Gasteiger partial charge >= 0.3 is 0 Å². The zero-order valence-electron chi connectivity index (χ0n) is 7.71. The Labute approximate surface area is 73.0 Å². The second kappa shape index (κ2) is 4.01. The van der Waals surface area contributed by atoms with Gasteiger partial charge < -0.3 is 14.3 Å². The highest BCUT2D eigenvalue weighted by Crippen LogP contribution is 2.33. The fourth-order valence-electron chi connectivity index (χ4n) is 1.36. The summed E-state index contributed by atoms with van der Waals surface area (Å²) in [6.45, 7) is 5.38. The van der Waals surface area contributed by atoms with Crippen LogP contribution in [0, 0.1) is 5.41 Å². The molecule has 1 fully saturated rings. The van der Waals surface area contributed by atoms with E-state index in [0.29, 0.717) is 19.6 Å². The summed E-state index contributed by atoms with van der Waals surface area (Å²) in [7, 11) is 0. The van der Waals surface area contributed by atoms with Crippen LogP contribution in [-0.2, 0) is 14.3 Å². The van der Waals surface area contributed by atoms with Crippen molar-refractivity contribution in [3.05, 3.63) is 0 Å². The molecule has 0 radical (unpaired) electrons. The van der Waals surface area contributed by atoms with Gasteiger partial charge in [-0.25, -0.2) is 0 Å². The van der Waals surface area contributed by atoms with Crippen LogP contribution in [0.1, 0.15) is 26.7 Å². The molecule has 0 aliphatic carbocycles. The van der Waals surface area contributed by atoms with Gasteiger partial charge in [-0.1, -0.05) is 13.8 Å². The lowest BCUT2D eigenvalue weighted by Gasteiger charge is -2.30. The maximum atomic E-state index is 10.4. The van der Waals surface area contributed by atoms with Gasteiger partial charge in [0.25, 0.3) is 0 Å². The molecule has 0 aromatic rings. The van der Waals surface area contributed by atoms with Crippen LogP contribution in [0.2, 0.25) is 0 Å². The van der Waals surface area contributed by atoms with Crippen molar-refractivity contribution in [2.24, 2.45) is 5.41 Å². The molecule has 0 N–H and O–H groups in total. The predicted octanol–water partition coefficient (Wildman–Crippen LogP) is 1.36. The molecule has 1 heterocycles. The van der Waals surface area contributed by atoms with E-state index in [0.717, 1.165) is 12.7 Å². The number of rotatable bonds is 4. The van der Waals surface area contributed by atoms with Gasteiger partial charge in [-0.2, -0.15) is 0 Å². The van der Waals surface area contributed by atoms with Crippen LogP contribution in [0.25, 0.3) is 0 Å². The molecular weight excluding hydrogens is 156 g/mol. The van der Waals surface area contributed by atoms with Crippen LogP contribution in [0.5, 0.6) is 0 Å². The molecule has 0 spiro atoms. The Hall–Kier alpha value is -0.410. The van der Waals surface area contributed by atoms with Gasteiger partial charge in [-0.15, -0.1) is 0 Å². The Morgan fingerprint density at radius 3 is 2.50 bits per heavy atom. The van der Waals surface area contributed by atoms with Crippen LogP contribution in [0.3, 0.4) is 0 Å². The fraction of sp³-hybridized carbons (Fsp3) is 0.889. The third-order valence-electron chi connectivity index (χ3n) is 2.55.